The summed E-state index contributed by atoms with van der Waals surface area (Å²) in [5.74, 6) is -0.595. The summed E-state index contributed by atoms with van der Waals surface area (Å²) < 4.78 is 25.1. The first-order chi connectivity index (χ1) is 12.7. The molecular formula is C19H23N3O4S. The quantitative estimate of drug-likeness (QED) is 0.782. The van der Waals surface area contributed by atoms with Gasteiger partial charge >= 0.3 is 0 Å². The Morgan fingerprint density at radius 2 is 1.56 bits per heavy atom. The minimum absolute atomic E-state index is 0.114. The first kappa shape index (κ1) is 20.6. The van der Waals surface area contributed by atoms with E-state index in [4.69, 9.17) is 0 Å². The van der Waals surface area contributed by atoms with Gasteiger partial charge in [0, 0.05) is 31.9 Å². The molecule has 0 spiro atoms. The molecule has 0 heterocycles. The number of carbonyl (C=O) groups is 2. The molecule has 144 valence electrons. The minimum Gasteiger partial charge on any atom is -0.345 e. The third-order valence-electron chi connectivity index (χ3n) is 3.81. The van der Waals surface area contributed by atoms with E-state index in [9.17, 15) is 18.0 Å². The molecule has 2 rings (SSSR count). The molecule has 2 aromatic rings. The molecule has 0 aliphatic carbocycles. The summed E-state index contributed by atoms with van der Waals surface area (Å²) in [6.45, 7) is -0.185. The third-order valence-corrected chi connectivity index (χ3v) is 5.01. The maximum atomic E-state index is 12.3. The number of nitrogens with one attached hydrogen (secondary N) is 1. The van der Waals surface area contributed by atoms with E-state index in [2.05, 4.69) is 5.32 Å². The minimum atomic E-state index is -3.56. The van der Waals surface area contributed by atoms with E-state index in [1.165, 1.54) is 4.90 Å². The molecule has 0 saturated heterocycles. The van der Waals surface area contributed by atoms with E-state index < -0.39 is 15.9 Å². The third kappa shape index (κ3) is 6.19. The summed E-state index contributed by atoms with van der Waals surface area (Å²) in [6, 6.07) is 15.5. The fourth-order valence-corrected chi connectivity index (χ4v) is 3.13. The van der Waals surface area contributed by atoms with Crippen LogP contribution >= 0.6 is 0 Å². The van der Waals surface area contributed by atoms with Gasteiger partial charge in [0.1, 0.15) is 0 Å². The lowest BCUT2D eigenvalue weighted by Crippen LogP contribution is -2.36. The molecule has 0 unspecified atom stereocenters. The number of carbonyl (C=O) groups excluding carboxylic acids is 2. The van der Waals surface area contributed by atoms with Gasteiger partial charge < -0.3 is 10.2 Å². The van der Waals surface area contributed by atoms with Crippen LogP contribution in [-0.2, 0) is 21.4 Å². The summed E-state index contributed by atoms with van der Waals surface area (Å²) in [6.07, 6.45) is 1.07. The molecule has 1 N–H and O–H groups in total. The zero-order valence-electron chi connectivity index (χ0n) is 15.5. The van der Waals surface area contributed by atoms with Crippen molar-refractivity contribution < 1.29 is 18.0 Å². The fourth-order valence-electron chi connectivity index (χ4n) is 2.39. The Kier molecular flexibility index (Phi) is 6.70. The van der Waals surface area contributed by atoms with Crippen molar-refractivity contribution in [1.29, 1.82) is 0 Å². The number of nitrogens with zero attached hydrogens (tertiary/aromatic N) is 2. The Hall–Kier alpha value is -2.71. The first-order valence-corrected chi connectivity index (χ1v) is 10.1. The number of rotatable bonds is 7. The van der Waals surface area contributed by atoms with Crippen molar-refractivity contribution >= 4 is 27.5 Å². The number of anilines is 1. The number of sulfonamides is 1. The highest BCUT2D eigenvalue weighted by atomic mass is 32.2. The lowest BCUT2D eigenvalue weighted by molar-refractivity contribution is -0.116. The smallest absolute Gasteiger partial charge is 0.253 e. The molecule has 0 atom stereocenters. The van der Waals surface area contributed by atoms with Gasteiger partial charge in [-0.2, -0.15) is 4.31 Å². The van der Waals surface area contributed by atoms with Gasteiger partial charge in [0.25, 0.3) is 5.91 Å². The molecular weight excluding hydrogens is 366 g/mol. The second-order valence-corrected chi connectivity index (χ2v) is 8.32. The first-order valence-electron chi connectivity index (χ1n) is 8.27. The molecule has 0 bridgehead atoms. The van der Waals surface area contributed by atoms with Crippen molar-refractivity contribution in [1.82, 2.24) is 9.21 Å². The molecule has 8 heteroatoms. The van der Waals surface area contributed by atoms with Gasteiger partial charge in [-0.3, -0.25) is 9.59 Å². The van der Waals surface area contributed by atoms with Crippen molar-refractivity contribution in [2.75, 3.05) is 32.2 Å². The van der Waals surface area contributed by atoms with Crippen LogP contribution in [0.1, 0.15) is 15.9 Å². The van der Waals surface area contributed by atoms with Crippen molar-refractivity contribution in [3.63, 3.8) is 0 Å². The van der Waals surface area contributed by atoms with Gasteiger partial charge in [0.05, 0.1) is 12.8 Å². The molecule has 0 radical (unpaired) electrons. The molecule has 0 aromatic heterocycles. The number of hydrogen-bond donors (Lipinski definition) is 1. The summed E-state index contributed by atoms with van der Waals surface area (Å²) in [5, 5.41) is 2.66. The van der Waals surface area contributed by atoms with Crippen molar-refractivity contribution in [2.24, 2.45) is 0 Å². The van der Waals surface area contributed by atoms with E-state index in [1.807, 2.05) is 18.2 Å². The van der Waals surface area contributed by atoms with Crippen LogP contribution in [0.25, 0.3) is 0 Å². The Bertz CT molecular complexity index is 894. The summed E-state index contributed by atoms with van der Waals surface area (Å²) in [7, 11) is -0.241. The second-order valence-electron chi connectivity index (χ2n) is 6.34. The predicted molar refractivity (Wildman–Crippen MR) is 105 cm³/mol. The normalized spacial score (nSPS) is 11.3. The van der Waals surface area contributed by atoms with Crippen LogP contribution in [0.3, 0.4) is 0 Å². The van der Waals surface area contributed by atoms with E-state index in [0.29, 0.717) is 11.3 Å². The largest absolute Gasteiger partial charge is 0.345 e. The summed E-state index contributed by atoms with van der Waals surface area (Å²) in [4.78, 5) is 25.6. The van der Waals surface area contributed by atoms with E-state index in [-0.39, 0.29) is 19.0 Å². The predicted octanol–water partition coefficient (Wildman–Crippen LogP) is 1.79. The lowest BCUT2D eigenvalue weighted by atomic mass is 10.2. The van der Waals surface area contributed by atoms with Gasteiger partial charge in [-0.1, -0.05) is 30.3 Å². The van der Waals surface area contributed by atoms with Gasteiger partial charge in [-0.25, -0.2) is 8.42 Å². The highest BCUT2D eigenvalue weighted by Gasteiger charge is 2.20. The van der Waals surface area contributed by atoms with Crippen LogP contribution < -0.4 is 5.32 Å². The van der Waals surface area contributed by atoms with Crippen LogP contribution in [0.5, 0.6) is 0 Å². The zero-order chi connectivity index (χ0) is 20.0. The van der Waals surface area contributed by atoms with Gasteiger partial charge in [0.2, 0.25) is 15.9 Å². The maximum Gasteiger partial charge on any atom is 0.253 e. The van der Waals surface area contributed by atoms with Crippen molar-refractivity contribution in [3.05, 3.63) is 65.7 Å². The average molecular weight is 389 g/mol. The van der Waals surface area contributed by atoms with Crippen LogP contribution in [0.15, 0.2) is 54.6 Å². The molecule has 27 heavy (non-hydrogen) atoms. The molecule has 0 saturated carbocycles. The van der Waals surface area contributed by atoms with Crippen LogP contribution in [0, 0.1) is 0 Å². The standard InChI is InChI=1S/C19H23N3O4S/c1-21(2)19(24)16-9-11-17(12-10-16)20-18(23)14-22(27(3,25)26)13-15-7-5-4-6-8-15/h4-12H,13-14H2,1-3H3,(H,20,23). The van der Waals surface area contributed by atoms with Crippen molar-refractivity contribution in [3.8, 4) is 0 Å². The van der Waals surface area contributed by atoms with Crippen LogP contribution in [-0.4, -0.2) is 56.3 Å². The van der Waals surface area contributed by atoms with E-state index in [1.54, 1.807) is 50.5 Å². The molecule has 2 amide bonds. The second kappa shape index (κ2) is 8.79. The molecule has 0 aliphatic heterocycles. The average Bonchev–Trinajstić information content (AvgIpc) is 2.61. The Balaban J connectivity index is 2.04. The Morgan fingerprint density at radius 1 is 0.963 bits per heavy atom. The Labute approximate surface area is 159 Å². The van der Waals surface area contributed by atoms with E-state index >= 15 is 0 Å². The molecule has 2 aromatic carbocycles. The topological polar surface area (TPSA) is 86.8 Å². The van der Waals surface area contributed by atoms with E-state index in [0.717, 1.165) is 16.1 Å². The van der Waals surface area contributed by atoms with Crippen LogP contribution in [0.4, 0.5) is 5.69 Å². The van der Waals surface area contributed by atoms with Gasteiger partial charge in [-0.05, 0) is 29.8 Å². The summed E-state index contributed by atoms with van der Waals surface area (Å²) >= 11 is 0. The zero-order valence-corrected chi connectivity index (χ0v) is 16.4. The fraction of sp³-hybridized carbons (Fsp3) is 0.263. The lowest BCUT2D eigenvalue weighted by Gasteiger charge is -2.19. The van der Waals surface area contributed by atoms with Gasteiger partial charge in [0.15, 0.2) is 0 Å². The van der Waals surface area contributed by atoms with Crippen molar-refractivity contribution in [2.45, 2.75) is 6.54 Å². The molecule has 0 aliphatic rings. The highest BCUT2D eigenvalue weighted by Crippen LogP contribution is 2.12. The SMILES string of the molecule is CN(C)C(=O)c1ccc(NC(=O)CN(Cc2ccccc2)S(C)(=O)=O)cc1. The molecule has 7 nitrogen and oxygen atoms in total. The Morgan fingerprint density at radius 3 is 2.07 bits per heavy atom. The summed E-state index contributed by atoms with van der Waals surface area (Å²) in [5.41, 5.74) is 1.78. The monoisotopic (exact) mass is 389 g/mol. The number of benzene rings is 2. The number of amides is 2. The highest BCUT2D eigenvalue weighted by molar-refractivity contribution is 7.88. The maximum absolute atomic E-state index is 12.3. The molecule has 0 fully saturated rings. The van der Waals surface area contributed by atoms with Gasteiger partial charge in [-0.15, -0.1) is 0 Å². The number of hydrogen-bond acceptors (Lipinski definition) is 4. The van der Waals surface area contributed by atoms with Crippen LogP contribution in [0.2, 0.25) is 0 Å².